The van der Waals surface area contributed by atoms with Crippen molar-refractivity contribution in [3.05, 3.63) is 94.5 Å². The molecule has 0 bridgehead atoms. The summed E-state index contributed by atoms with van der Waals surface area (Å²) in [5.74, 6) is 0.709. The zero-order valence-corrected chi connectivity index (χ0v) is 19.4. The van der Waals surface area contributed by atoms with Crippen LogP contribution in [0, 0.1) is 6.92 Å². The van der Waals surface area contributed by atoms with Gasteiger partial charge in [-0.3, -0.25) is 9.69 Å². The molecule has 4 rings (SSSR count). The number of aryl methyl sites for hydroxylation is 1. The molecule has 0 atom stereocenters. The van der Waals surface area contributed by atoms with Crippen molar-refractivity contribution in [1.29, 1.82) is 0 Å². The number of carbonyl (C=O) groups is 1. The summed E-state index contributed by atoms with van der Waals surface area (Å²) >= 11 is 6.18. The Morgan fingerprint density at radius 2 is 1.75 bits per heavy atom. The van der Waals surface area contributed by atoms with Crippen LogP contribution in [0.5, 0.6) is 5.75 Å². The second-order valence-electron chi connectivity index (χ2n) is 8.38. The van der Waals surface area contributed by atoms with E-state index in [1.807, 2.05) is 41.3 Å². The normalized spacial score (nSPS) is 14.8. The smallest absolute Gasteiger partial charge is 0.258 e. The summed E-state index contributed by atoms with van der Waals surface area (Å²) < 4.78 is 5.42. The maximum absolute atomic E-state index is 13.6. The van der Waals surface area contributed by atoms with Gasteiger partial charge in [-0.25, -0.2) is 0 Å². The van der Waals surface area contributed by atoms with Gasteiger partial charge in [0, 0.05) is 48.0 Å². The van der Waals surface area contributed by atoms with Gasteiger partial charge in [-0.05, 0) is 55.7 Å². The maximum atomic E-state index is 13.6. The van der Waals surface area contributed by atoms with Gasteiger partial charge in [-0.2, -0.15) is 0 Å². The number of piperidine rings is 1. The van der Waals surface area contributed by atoms with Crippen LogP contribution in [-0.4, -0.2) is 37.0 Å². The van der Waals surface area contributed by atoms with Gasteiger partial charge in [0.15, 0.2) is 0 Å². The summed E-state index contributed by atoms with van der Waals surface area (Å²) in [6.45, 7) is 4.94. The number of anilines is 1. The molecule has 1 fully saturated rings. The van der Waals surface area contributed by atoms with Crippen molar-refractivity contribution in [2.24, 2.45) is 0 Å². The van der Waals surface area contributed by atoms with Gasteiger partial charge >= 0.3 is 0 Å². The lowest BCUT2D eigenvalue weighted by atomic mass is 10.00. The van der Waals surface area contributed by atoms with Crippen LogP contribution in [0.2, 0.25) is 5.02 Å². The molecular formula is C27H29ClN2O2. The van der Waals surface area contributed by atoms with Gasteiger partial charge in [-0.1, -0.05) is 53.6 Å². The van der Waals surface area contributed by atoms with E-state index in [4.69, 9.17) is 16.3 Å². The highest BCUT2D eigenvalue weighted by atomic mass is 35.5. The number of ether oxygens (including phenoxy) is 1. The summed E-state index contributed by atoms with van der Waals surface area (Å²) in [7, 11) is 1.64. The van der Waals surface area contributed by atoms with Crippen LogP contribution in [0.3, 0.4) is 0 Å². The van der Waals surface area contributed by atoms with E-state index in [0.29, 0.717) is 10.6 Å². The first kappa shape index (κ1) is 22.4. The van der Waals surface area contributed by atoms with Crippen LogP contribution in [-0.2, 0) is 6.54 Å². The van der Waals surface area contributed by atoms with Crippen molar-refractivity contribution in [2.75, 3.05) is 25.1 Å². The summed E-state index contributed by atoms with van der Waals surface area (Å²) in [5.41, 5.74) is 4.06. The Kier molecular flexibility index (Phi) is 7.13. The van der Waals surface area contributed by atoms with E-state index < -0.39 is 0 Å². The van der Waals surface area contributed by atoms with E-state index in [2.05, 4.69) is 36.1 Å². The van der Waals surface area contributed by atoms with Crippen LogP contribution in [0.1, 0.15) is 34.3 Å². The number of rotatable bonds is 6. The summed E-state index contributed by atoms with van der Waals surface area (Å²) in [6.07, 6.45) is 1.82. The molecule has 1 saturated heterocycles. The topological polar surface area (TPSA) is 32.8 Å². The van der Waals surface area contributed by atoms with Crippen molar-refractivity contribution < 1.29 is 9.53 Å². The van der Waals surface area contributed by atoms with Crippen LogP contribution < -0.4 is 9.64 Å². The predicted molar refractivity (Wildman–Crippen MR) is 131 cm³/mol. The molecule has 0 spiro atoms. The first-order valence-electron chi connectivity index (χ1n) is 11.0. The Hall–Kier alpha value is -2.82. The van der Waals surface area contributed by atoms with Gasteiger partial charge in [0.05, 0.1) is 7.11 Å². The lowest BCUT2D eigenvalue weighted by molar-refractivity contribution is 0.0958. The molecule has 0 radical (unpaired) electrons. The van der Waals surface area contributed by atoms with Crippen molar-refractivity contribution in [3.8, 4) is 5.75 Å². The molecule has 0 N–H and O–H groups in total. The highest BCUT2D eigenvalue weighted by molar-refractivity contribution is 6.31. The predicted octanol–water partition coefficient (Wildman–Crippen LogP) is 5.97. The molecule has 3 aromatic rings. The monoisotopic (exact) mass is 448 g/mol. The van der Waals surface area contributed by atoms with E-state index in [-0.39, 0.29) is 11.9 Å². The molecule has 0 unspecified atom stereocenters. The number of benzene rings is 3. The number of likely N-dealkylation sites (tertiary alicyclic amines) is 1. The van der Waals surface area contributed by atoms with Crippen molar-refractivity contribution in [3.63, 3.8) is 0 Å². The van der Waals surface area contributed by atoms with Crippen molar-refractivity contribution >= 4 is 23.2 Å². The first-order valence-corrected chi connectivity index (χ1v) is 11.4. The molecule has 4 nitrogen and oxygen atoms in total. The number of halogens is 1. The second kappa shape index (κ2) is 10.2. The fraction of sp³-hybridized carbons (Fsp3) is 0.296. The molecular weight excluding hydrogens is 420 g/mol. The molecule has 1 amide bonds. The molecule has 0 saturated carbocycles. The molecule has 0 aromatic heterocycles. The van der Waals surface area contributed by atoms with E-state index in [1.54, 1.807) is 19.2 Å². The second-order valence-corrected chi connectivity index (χ2v) is 8.82. The molecule has 1 heterocycles. The minimum absolute atomic E-state index is 0.0299. The maximum Gasteiger partial charge on any atom is 0.258 e. The van der Waals surface area contributed by atoms with E-state index in [0.717, 1.165) is 43.9 Å². The molecule has 166 valence electrons. The molecule has 0 aliphatic carbocycles. The van der Waals surface area contributed by atoms with E-state index >= 15 is 0 Å². The third-order valence-electron chi connectivity index (χ3n) is 6.07. The Morgan fingerprint density at radius 1 is 1.03 bits per heavy atom. The van der Waals surface area contributed by atoms with Crippen molar-refractivity contribution in [1.82, 2.24) is 4.90 Å². The van der Waals surface area contributed by atoms with Crippen LogP contribution in [0.25, 0.3) is 0 Å². The lowest BCUT2D eigenvalue weighted by Crippen LogP contribution is -2.47. The largest absolute Gasteiger partial charge is 0.497 e. The SMILES string of the molecule is COc1cccc(N(C(=O)c2cccc(Cl)c2)C2CCN(Cc3ccc(C)cc3)CC2)c1. The Balaban J connectivity index is 1.54. The van der Waals surface area contributed by atoms with E-state index in [1.165, 1.54) is 11.1 Å². The average Bonchev–Trinajstić information content (AvgIpc) is 2.82. The number of nitrogens with zero attached hydrogens (tertiary/aromatic N) is 2. The molecule has 32 heavy (non-hydrogen) atoms. The zero-order valence-electron chi connectivity index (χ0n) is 18.6. The van der Waals surface area contributed by atoms with Gasteiger partial charge in [0.2, 0.25) is 0 Å². The number of amides is 1. The minimum Gasteiger partial charge on any atom is -0.497 e. The molecule has 5 heteroatoms. The highest BCUT2D eigenvalue weighted by Crippen LogP contribution is 2.29. The Labute approximate surface area is 195 Å². The lowest BCUT2D eigenvalue weighted by Gasteiger charge is -2.39. The third kappa shape index (κ3) is 5.32. The van der Waals surface area contributed by atoms with Crippen LogP contribution in [0.4, 0.5) is 5.69 Å². The fourth-order valence-corrected chi connectivity index (χ4v) is 4.49. The Bertz CT molecular complexity index is 1060. The molecule has 1 aliphatic heterocycles. The first-order chi connectivity index (χ1) is 15.5. The third-order valence-corrected chi connectivity index (χ3v) is 6.31. The number of hydrogen-bond acceptors (Lipinski definition) is 3. The minimum atomic E-state index is -0.0299. The van der Waals surface area contributed by atoms with E-state index in [9.17, 15) is 4.79 Å². The standard InChI is InChI=1S/C27H29ClN2O2/c1-20-9-11-21(12-10-20)19-29-15-13-24(14-16-29)30(25-7-4-8-26(18-25)32-2)27(31)22-5-3-6-23(28)17-22/h3-12,17-18,24H,13-16,19H2,1-2H3. The average molecular weight is 449 g/mol. The summed E-state index contributed by atoms with van der Waals surface area (Å²) in [5, 5.41) is 0.564. The Morgan fingerprint density at radius 3 is 2.44 bits per heavy atom. The fourth-order valence-electron chi connectivity index (χ4n) is 4.30. The summed E-state index contributed by atoms with van der Waals surface area (Å²) in [4.78, 5) is 18.0. The molecule has 3 aromatic carbocycles. The van der Waals surface area contributed by atoms with Crippen LogP contribution in [0.15, 0.2) is 72.8 Å². The van der Waals surface area contributed by atoms with Crippen LogP contribution >= 0.6 is 11.6 Å². The number of hydrogen-bond donors (Lipinski definition) is 0. The van der Waals surface area contributed by atoms with Gasteiger partial charge < -0.3 is 9.64 Å². The van der Waals surface area contributed by atoms with Gasteiger partial charge in [0.25, 0.3) is 5.91 Å². The van der Waals surface area contributed by atoms with Gasteiger partial charge in [0.1, 0.15) is 5.75 Å². The highest BCUT2D eigenvalue weighted by Gasteiger charge is 2.30. The number of carbonyl (C=O) groups excluding carboxylic acids is 1. The zero-order chi connectivity index (χ0) is 22.5. The van der Waals surface area contributed by atoms with Crippen molar-refractivity contribution in [2.45, 2.75) is 32.4 Å². The summed E-state index contributed by atoms with van der Waals surface area (Å²) in [6, 6.07) is 23.8. The number of methoxy groups -OCH3 is 1. The molecule has 1 aliphatic rings. The quantitative estimate of drug-likeness (QED) is 0.465. The van der Waals surface area contributed by atoms with Gasteiger partial charge in [-0.15, -0.1) is 0 Å².